The first-order valence-electron chi connectivity index (χ1n) is 5.68. The Bertz CT molecular complexity index is 348. The molecule has 1 rings (SSSR count). The van der Waals surface area contributed by atoms with Gasteiger partial charge in [0.15, 0.2) is 0 Å². The molecule has 0 spiro atoms. The van der Waals surface area contributed by atoms with Crippen molar-refractivity contribution in [3.63, 3.8) is 0 Å². The Morgan fingerprint density at radius 3 is 2.41 bits per heavy atom. The van der Waals surface area contributed by atoms with E-state index in [1.807, 2.05) is 38.1 Å². The third-order valence-electron chi connectivity index (χ3n) is 2.26. The molecular weight excluding hydrogens is 236 g/mol. The van der Waals surface area contributed by atoms with Crippen molar-refractivity contribution in [2.24, 2.45) is 0 Å². The lowest BCUT2D eigenvalue weighted by molar-refractivity contribution is -0.142. The minimum Gasteiger partial charge on any atom is -0.497 e. The van der Waals surface area contributed by atoms with E-state index in [2.05, 4.69) is 0 Å². The number of hydrogen-bond donors (Lipinski definition) is 0. The van der Waals surface area contributed by atoms with Crippen LogP contribution < -0.4 is 4.74 Å². The SMILES string of the molecule is CCOC(=O)[C@H](CC)Sc1ccc(OC)cc1. The van der Waals surface area contributed by atoms with Gasteiger partial charge in [0.05, 0.1) is 13.7 Å². The molecule has 0 aliphatic heterocycles. The van der Waals surface area contributed by atoms with Crippen molar-refractivity contribution in [1.82, 2.24) is 0 Å². The second-order valence-corrected chi connectivity index (χ2v) is 4.72. The molecule has 1 aromatic carbocycles. The van der Waals surface area contributed by atoms with Crippen molar-refractivity contribution < 1.29 is 14.3 Å². The molecule has 0 bridgehead atoms. The molecule has 4 heteroatoms. The fourth-order valence-corrected chi connectivity index (χ4v) is 2.30. The van der Waals surface area contributed by atoms with Gasteiger partial charge >= 0.3 is 5.97 Å². The number of carbonyl (C=O) groups excluding carboxylic acids is 1. The topological polar surface area (TPSA) is 35.5 Å². The van der Waals surface area contributed by atoms with Crippen LogP contribution in [-0.2, 0) is 9.53 Å². The predicted octanol–water partition coefficient (Wildman–Crippen LogP) is 3.13. The Morgan fingerprint density at radius 2 is 1.94 bits per heavy atom. The van der Waals surface area contributed by atoms with Crippen LogP contribution in [0.2, 0.25) is 0 Å². The molecule has 0 fully saturated rings. The summed E-state index contributed by atoms with van der Waals surface area (Å²) in [6.45, 7) is 4.24. The molecule has 17 heavy (non-hydrogen) atoms. The molecule has 0 aliphatic rings. The van der Waals surface area contributed by atoms with Gasteiger partial charge in [0.25, 0.3) is 0 Å². The predicted molar refractivity (Wildman–Crippen MR) is 69.6 cm³/mol. The van der Waals surface area contributed by atoms with Crippen molar-refractivity contribution in [2.75, 3.05) is 13.7 Å². The van der Waals surface area contributed by atoms with Gasteiger partial charge in [-0.25, -0.2) is 0 Å². The van der Waals surface area contributed by atoms with Crippen LogP contribution in [0.25, 0.3) is 0 Å². The van der Waals surface area contributed by atoms with Crippen LogP contribution in [0.15, 0.2) is 29.2 Å². The second kappa shape index (κ2) is 7.22. The molecule has 0 saturated heterocycles. The molecule has 1 atom stereocenters. The fourth-order valence-electron chi connectivity index (χ4n) is 1.35. The third kappa shape index (κ3) is 4.30. The van der Waals surface area contributed by atoms with Gasteiger partial charge in [-0.15, -0.1) is 11.8 Å². The maximum Gasteiger partial charge on any atom is 0.319 e. The highest BCUT2D eigenvalue weighted by atomic mass is 32.2. The summed E-state index contributed by atoms with van der Waals surface area (Å²) in [7, 11) is 1.63. The average Bonchev–Trinajstić information content (AvgIpc) is 2.37. The molecule has 0 N–H and O–H groups in total. The van der Waals surface area contributed by atoms with Gasteiger partial charge in [-0.1, -0.05) is 6.92 Å². The van der Waals surface area contributed by atoms with Gasteiger partial charge in [-0.05, 0) is 37.6 Å². The molecule has 0 amide bonds. The molecule has 0 radical (unpaired) electrons. The van der Waals surface area contributed by atoms with E-state index in [0.717, 1.165) is 17.1 Å². The maximum atomic E-state index is 11.6. The Morgan fingerprint density at radius 1 is 1.29 bits per heavy atom. The lowest BCUT2D eigenvalue weighted by Gasteiger charge is -2.13. The number of hydrogen-bond acceptors (Lipinski definition) is 4. The van der Waals surface area contributed by atoms with E-state index in [9.17, 15) is 4.79 Å². The van der Waals surface area contributed by atoms with Gasteiger partial charge < -0.3 is 9.47 Å². The summed E-state index contributed by atoms with van der Waals surface area (Å²) in [6, 6.07) is 7.68. The number of thioether (sulfide) groups is 1. The smallest absolute Gasteiger partial charge is 0.319 e. The van der Waals surface area contributed by atoms with Crippen molar-refractivity contribution in [3.05, 3.63) is 24.3 Å². The van der Waals surface area contributed by atoms with E-state index in [0.29, 0.717) is 6.61 Å². The van der Waals surface area contributed by atoms with Gasteiger partial charge in [-0.2, -0.15) is 0 Å². The summed E-state index contributed by atoms with van der Waals surface area (Å²) in [5, 5.41) is -0.136. The molecule has 1 aromatic rings. The van der Waals surface area contributed by atoms with Crippen molar-refractivity contribution >= 4 is 17.7 Å². The summed E-state index contributed by atoms with van der Waals surface area (Å²) < 4.78 is 10.1. The number of carbonyl (C=O) groups is 1. The molecular formula is C13H18O3S. The molecule has 94 valence electrons. The Labute approximate surface area is 106 Å². The third-order valence-corrected chi connectivity index (χ3v) is 3.61. The number of ether oxygens (including phenoxy) is 2. The molecule has 0 aliphatic carbocycles. The number of methoxy groups -OCH3 is 1. The van der Waals surface area contributed by atoms with E-state index in [1.165, 1.54) is 11.8 Å². The molecule has 0 saturated carbocycles. The van der Waals surface area contributed by atoms with Crippen molar-refractivity contribution in [2.45, 2.75) is 30.4 Å². The highest BCUT2D eigenvalue weighted by molar-refractivity contribution is 8.00. The first-order valence-corrected chi connectivity index (χ1v) is 6.56. The van der Waals surface area contributed by atoms with E-state index in [-0.39, 0.29) is 11.2 Å². The highest BCUT2D eigenvalue weighted by Gasteiger charge is 2.18. The van der Waals surface area contributed by atoms with Crippen LogP contribution >= 0.6 is 11.8 Å². The van der Waals surface area contributed by atoms with Crippen LogP contribution in [0.5, 0.6) is 5.75 Å². The van der Waals surface area contributed by atoms with Gasteiger partial charge in [0, 0.05) is 4.90 Å². The maximum absolute atomic E-state index is 11.6. The summed E-state index contributed by atoms with van der Waals surface area (Å²) in [5.41, 5.74) is 0. The summed E-state index contributed by atoms with van der Waals surface area (Å²) in [4.78, 5) is 12.7. The van der Waals surface area contributed by atoms with Crippen LogP contribution in [0.4, 0.5) is 0 Å². The summed E-state index contributed by atoms with van der Waals surface area (Å²) >= 11 is 1.53. The van der Waals surface area contributed by atoms with E-state index in [4.69, 9.17) is 9.47 Å². The number of benzene rings is 1. The molecule has 3 nitrogen and oxygen atoms in total. The molecule has 0 aromatic heterocycles. The highest BCUT2D eigenvalue weighted by Crippen LogP contribution is 2.27. The minimum absolute atomic E-state index is 0.136. The van der Waals surface area contributed by atoms with Gasteiger partial charge in [-0.3, -0.25) is 4.79 Å². The normalized spacial score (nSPS) is 11.9. The van der Waals surface area contributed by atoms with Gasteiger partial charge in [0.2, 0.25) is 0 Å². The summed E-state index contributed by atoms with van der Waals surface area (Å²) in [6.07, 6.45) is 0.759. The number of rotatable bonds is 6. The monoisotopic (exact) mass is 254 g/mol. The first-order chi connectivity index (χ1) is 8.21. The lowest BCUT2D eigenvalue weighted by atomic mass is 10.3. The van der Waals surface area contributed by atoms with Crippen LogP contribution in [0.1, 0.15) is 20.3 Å². The zero-order chi connectivity index (χ0) is 12.7. The van der Waals surface area contributed by atoms with E-state index in [1.54, 1.807) is 7.11 Å². The average molecular weight is 254 g/mol. The standard InChI is InChI=1S/C13H18O3S/c1-4-12(13(14)16-5-2)17-11-8-6-10(15-3)7-9-11/h6-9,12H,4-5H2,1-3H3/t12-/m0/s1. The molecule has 0 unspecified atom stereocenters. The van der Waals surface area contributed by atoms with Crippen molar-refractivity contribution in [3.8, 4) is 5.75 Å². The first kappa shape index (κ1) is 13.9. The Balaban J connectivity index is 2.63. The Hall–Kier alpha value is -1.16. The largest absolute Gasteiger partial charge is 0.497 e. The quantitative estimate of drug-likeness (QED) is 0.577. The second-order valence-electron chi connectivity index (χ2n) is 3.44. The minimum atomic E-state index is -0.143. The lowest BCUT2D eigenvalue weighted by Crippen LogP contribution is -2.19. The summed E-state index contributed by atoms with van der Waals surface area (Å²) in [5.74, 6) is 0.675. The zero-order valence-electron chi connectivity index (χ0n) is 10.4. The number of esters is 1. The van der Waals surface area contributed by atoms with E-state index >= 15 is 0 Å². The van der Waals surface area contributed by atoms with Crippen LogP contribution in [0.3, 0.4) is 0 Å². The van der Waals surface area contributed by atoms with Crippen LogP contribution in [0, 0.1) is 0 Å². The molecule has 0 heterocycles. The van der Waals surface area contributed by atoms with Crippen molar-refractivity contribution in [1.29, 1.82) is 0 Å². The van der Waals surface area contributed by atoms with E-state index < -0.39 is 0 Å². The van der Waals surface area contributed by atoms with Crippen LogP contribution in [-0.4, -0.2) is 24.9 Å². The van der Waals surface area contributed by atoms with Gasteiger partial charge in [0.1, 0.15) is 11.0 Å². The Kier molecular flexibility index (Phi) is 5.91. The zero-order valence-corrected chi connectivity index (χ0v) is 11.3. The fraction of sp³-hybridized carbons (Fsp3) is 0.462.